The molecule has 0 unspecified atom stereocenters. The largest absolute Gasteiger partial charge is 0.506 e. The third-order valence-electron chi connectivity index (χ3n) is 3.82. The molecule has 0 bridgehead atoms. The molecule has 2 amide bonds. The highest BCUT2D eigenvalue weighted by Crippen LogP contribution is 2.20. The van der Waals surface area contributed by atoms with E-state index in [2.05, 4.69) is 10.3 Å². The number of halogens is 2. The van der Waals surface area contributed by atoms with Gasteiger partial charge in [-0.1, -0.05) is 0 Å². The zero-order valence-corrected chi connectivity index (χ0v) is 12.7. The molecule has 6 nitrogen and oxygen atoms in total. The molecular weight excluding hydrogens is 318 g/mol. The number of hydrogen-bond acceptors (Lipinski definition) is 4. The first-order valence-electron chi connectivity index (χ1n) is 7.44. The van der Waals surface area contributed by atoms with Crippen LogP contribution in [0.5, 0.6) is 5.75 Å². The van der Waals surface area contributed by atoms with Crippen LogP contribution in [0.2, 0.25) is 0 Å². The van der Waals surface area contributed by atoms with Crippen molar-refractivity contribution >= 4 is 17.5 Å². The number of nitrogens with one attached hydrogen (secondary N) is 1. The number of rotatable bonds is 2. The molecule has 1 aromatic heterocycles. The van der Waals surface area contributed by atoms with Crippen molar-refractivity contribution in [1.29, 1.82) is 0 Å². The molecule has 0 spiro atoms. The van der Waals surface area contributed by atoms with Crippen molar-refractivity contribution < 1.29 is 18.7 Å². The van der Waals surface area contributed by atoms with Gasteiger partial charge in [-0.2, -0.15) is 0 Å². The molecule has 0 atom stereocenters. The van der Waals surface area contributed by atoms with Crippen LogP contribution in [-0.2, 0) is 0 Å². The van der Waals surface area contributed by atoms with Gasteiger partial charge in [0.05, 0.1) is 6.20 Å². The van der Waals surface area contributed by atoms with Crippen molar-refractivity contribution in [3.8, 4) is 5.75 Å². The minimum atomic E-state index is -0.883. The lowest BCUT2D eigenvalue weighted by molar-refractivity contribution is 0.208. The van der Waals surface area contributed by atoms with E-state index in [1.54, 1.807) is 4.90 Å². The van der Waals surface area contributed by atoms with Gasteiger partial charge < -0.3 is 14.9 Å². The van der Waals surface area contributed by atoms with Gasteiger partial charge in [-0.3, -0.25) is 5.32 Å². The molecular formula is C16H16F2N4O2. The third-order valence-corrected chi connectivity index (χ3v) is 3.82. The summed E-state index contributed by atoms with van der Waals surface area (Å²) in [5.41, 5.74) is 0.592. The summed E-state index contributed by atoms with van der Waals surface area (Å²) in [6, 6.07) is 6.42. The van der Waals surface area contributed by atoms with Gasteiger partial charge in [0.15, 0.2) is 11.6 Å². The summed E-state index contributed by atoms with van der Waals surface area (Å²) in [6.07, 6.45) is 1.25. The molecule has 24 heavy (non-hydrogen) atoms. The molecule has 1 aromatic carbocycles. The summed E-state index contributed by atoms with van der Waals surface area (Å²) >= 11 is 0. The summed E-state index contributed by atoms with van der Waals surface area (Å²) in [7, 11) is 0. The number of carbonyl (C=O) groups is 1. The number of anilines is 2. The average molecular weight is 334 g/mol. The maximum Gasteiger partial charge on any atom is 0.323 e. The van der Waals surface area contributed by atoms with Gasteiger partial charge in [0.1, 0.15) is 11.6 Å². The average Bonchev–Trinajstić information content (AvgIpc) is 2.59. The van der Waals surface area contributed by atoms with Crippen molar-refractivity contribution in [3.63, 3.8) is 0 Å². The normalized spacial score (nSPS) is 14.6. The second-order valence-electron chi connectivity index (χ2n) is 5.40. The standard InChI is InChI=1S/C16H16F2N4O2/c17-13-3-1-11(9-14(13)18)21-5-7-22(8-6-21)16(24)20-15-4-2-12(23)10-19-15/h1-4,9-10,23H,5-8H2,(H,19,20,24). The number of aromatic nitrogens is 1. The first-order valence-corrected chi connectivity index (χ1v) is 7.44. The van der Waals surface area contributed by atoms with Crippen molar-refractivity contribution in [2.45, 2.75) is 0 Å². The Morgan fingerprint density at radius 3 is 2.46 bits per heavy atom. The molecule has 1 fully saturated rings. The van der Waals surface area contributed by atoms with Crippen molar-refractivity contribution in [3.05, 3.63) is 48.2 Å². The fourth-order valence-corrected chi connectivity index (χ4v) is 2.50. The van der Waals surface area contributed by atoms with Crippen LogP contribution >= 0.6 is 0 Å². The molecule has 1 aliphatic rings. The van der Waals surface area contributed by atoms with Crippen LogP contribution in [0, 0.1) is 11.6 Å². The highest BCUT2D eigenvalue weighted by atomic mass is 19.2. The first kappa shape index (κ1) is 16.0. The van der Waals surface area contributed by atoms with Crippen LogP contribution in [0.15, 0.2) is 36.5 Å². The topological polar surface area (TPSA) is 68.7 Å². The summed E-state index contributed by atoms with van der Waals surface area (Å²) in [5, 5.41) is 11.8. The summed E-state index contributed by atoms with van der Waals surface area (Å²) in [6.45, 7) is 1.93. The summed E-state index contributed by atoms with van der Waals surface area (Å²) in [4.78, 5) is 19.6. The number of aromatic hydroxyl groups is 1. The van der Waals surface area contributed by atoms with Crippen LogP contribution in [0.1, 0.15) is 0 Å². The Morgan fingerprint density at radius 1 is 1.08 bits per heavy atom. The lowest BCUT2D eigenvalue weighted by Gasteiger charge is -2.36. The van der Waals surface area contributed by atoms with E-state index in [9.17, 15) is 18.7 Å². The van der Waals surface area contributed by atoms with E-state index in [1.807, 2.05) is 4.90 Å². The number of benzene rings is 1. The SMILES string of the molecule is O=C(Nc1ccc(O)cn1)N1CCN(c2ccc(F)c(F)c2)CC1. The van der Waals surface area contributed by atoms with Crippen LogP contribution in [0.25, 0.3) is 0 Å². The van der Waals surface area contributed by atoms with Gasteiger partial charge in [-0.05, 0) is 24.3 Å². The van der Waals surface area contributed by atoms with Crippen LogP contribution in [-0.4, -0.2) is 47.2 Å². The molecule has 2 N–H and O–H groups in total. The predicted octanol–water partition coefficient (Wildman–Crippen LogP) is 2.42. The summed E-state index contributed by atoms with van der Waals surface area (Å²) < 4.78 is 26.3. The van der Waals surface area contributed by atoms with Gasteiger partial charge in [0.2, 0.25) is 0 Å². The minimum absolute atomic E-state index is 0.0214. The van der Waals surface area contributed by atoms with Gasteiger partial charge in [0, 0.05) is 37.9 Å². The fourth-order valence-electron chi connectivity index (χ4n) is 2.50. The van der Waals surface area contributed by atoms with Gasteiger partial charge in [-0.15, -0.1) is 0 Å². The molecule has 0 aliphatic carbocycles. The molecule has 2 heterocycles. The van der Waals surface area contributed by atoms with E-state index in [-0.39, 0.29) is 11.8 Å². The molecule has 0 saturated carbocycles. The van der Waals surface area contributed by atoms with E-state index in [1.165, 1.54) is 24.4 Å². The second-order valence-corrected chi connectivity index (χ2v) is 5.40. The third kappa shape index (κ3) is 3.53. The molecule has 126 valence electrons. The van der Waals surface area contributed by atoms with Crippen LogP contribution < -0.4 is 10.2 Å². The van der Waals surface area contributed by atoms with Gasteiger partial charge in [-0.25, -0.2) is 18.6 Å². The smallest absolute Gasteiger partial charge is 0.323 e. The Labute approximate surface area is 137 Å². The number of pyridine rings is 1. The number of nitrogens with zero attached hydrogens (tertiary/aromatic N) is 3. The van der Waals surface area contributed by atoms with Crippen molar-refractivity contribution in [1.82, 2.24) is 9.88 Å². The van der Waals surface area contributed by atoms with E-state index in [0.29, 0.717) is 37.7 Å². The van der Waals surface area contributed by atoms with E-state index in [0.717, 1.165) is 12.1 Å². The Hall–Kier alpha value is -2.90. The second kappa shape index (κ2) is 6.69. The number of carbonyl (C=O) groups excluding carboxylic acids is 1. The van der Waals surface area contributed by atoms with Gasteiger partial charge in [0.25, 0.3) is 0 Å². The number of urea groups is 1. The van der Waals surface area contributed by atoms with Crippen LogP contribution in [0.3, 0.4) is 0 Å². The van der Waals surface area contributed by atoms with E-state index >= 15 is 0 Å². The molecule has 1 saturated heterocycles. The Morgan fingerprint density at radius 2 is 1.83 bits per heavy atom. The maximum atomic E-state index is 13.3. The lowest BCUT2D eigenvalue weighted by atomic mass is 10.2. The van der Waals surface area contributed by atoms with Crippen molar-refractivity contribution in [2.75, 3.05) is 36.4 Å². The lowest BCUT2D eigenvalue weighted by Crippen LogP contribution is -2.50. The van der Waals surface area contributed by atoms with E-state index < -0.39 is 11.6 Å². The number of amides is 2. The highest BCUT2D eigenvalue weighted by molar-refractivity contribution is 5.88. The molecule has 1 aliphatic heterocycles. The number of piperazine rings is 1. The molecule has 8 heteroatoms. The number of hydrogen-bond donors (Lipinski definition) is 2. The highest BCUT2D eigenvalue weighted by Gasteiger charge is 2.22. The summed E-state index contributed by atoms with van der Waals surface area (Å²) in [5.74, 6) is -1.39. The van der Waals surface area contributed by atoms with Gasteiger partial charge >= 0.3 is 6.03 Å². The molecule has 3 rings (SSSR count). The zero-order chi connectivity index (χ0) is 17.1. The first-order chi connectivity index (χ1) is 11.5. The molecule has 0 radical (unpaired) electrons. The maximum absolute atomic E-state index is 13.3. The fraction of sp³-hybridized carbons (Fsp3) is 0.250. The zero-order valence-electron chi connectivity index (χ0n) is 12.7. The van der Waals surface area contributed by atoms with Crippen LogP contribution in [0.4, 0.5) is 25.1 Å². The minimum Gasteiger partial charge on any atom is -0.506 e. The Kier molecular flexibility index (Phi) is 4.45. The van der Waals surface area contributed by atoms with Crippen molar-refractivity contribution in [2.24, 2.45) is 0 Å². The molecule has 2 aromatic rings. The quantitative estimate of drug-likeness (QED) is 0.885. The van der Waals surface area contributed by atoms with E-state index in [4.69, 9.17) is 0 Å². The Bertz CT molecular complexity index is 731. The predicted molar refractivity (Wildman–Crippen MR) is 85.1 cm³/mol. The monoisotopic (exact) mass is 334 g/mol. The Balaban J connectivity index is 1.57.